The highest BCUT2D eigenvalue weighted by molar-refractivity contribution is 7.98. The fourth-order valence-electron chi connectivity index (χ4n) is 1.92. The van der Waals surface area contributed by atoms with Crippen molar-refractivity contribution in [3.05, 3.63) is 54.1 Å². The molecule has 0 aliphatic rings. The first kappa shape index (κ1) is 13.8. The minimum absolute atomic E-state index is 0.907. The van der Waals surface area contributed by atoms with Crippen LogP contribution >= 0.6 is 11.8 Å². The molecule has 0 spiro atoms. The Hall–Kier alpha value is -1.61. The van der Waals surface area contributed by atoms with Crippen LogP contribution in [0.1, 0.15) is 5.56 Å². The number of thioether (sulfide) groups is 1. The maximum absolute atomic E-state index is 5.15. The maximum atomic E-state index is 5.15. The van der Waals surface area contributed by atoms with Crippen LogP contribution in [-0.4, -0.2) is 19.9 Å². The summed E-state index contributed by atoms with van der Waals surface area (Å²) >= 11 is 1.77. The van der Waals surface area contributed by atoms with Gasteiger partial charge in [0.2, 0.25) is 0 Å². The summed E-state index contributed by atoms with van der Waals surface area (Å²) < 4.78 is 5.15. The van der Waals surface area contributed by atoms with Gasteiger partial charge in [-0.3, -0.25) is 0 Å². The normalized spacial score (nSPS) is 10.2. The molecule has 0 bridgehead atoms. The first-order valence-electron chi connectivity index (χ1n) is 6.33. The van der Waals surface area contributed by atoms with Crippen LogP contribution in [0.3, 0.4) is 0 Å². The van der Waals surface area contributed by atoms with E-state index in [2.05, 4.69) is 48.0 Å². The molecule has 0 saturated carbocycles. The van der Waals surface area contributed by atoms with Crippen LogP contribution in [0.2, 0.25) is 0 Å². The second kappa shape index (κ2) is 7.10. The SMILES string of the molecule is COc1ccc(CCNc2ccccc2SC)cc1. The van der Waals surface area contributed by atoms with E-state index in [0.29, 0.717) is 0 Å². The number of rotatable bonds is 6. The molecule has 2 nitrogen and oxygen atoms in total. The molecular weight excluding hydrogens is 254 g/mol. The molecule has 0 radical (unpaired) electrons. The lowest BCUT2D eigenvalue weighted by atomic mass is 10.1. The Morgan fingerprint density at radius 3 is 2.47 bits per heavy atom. The predicted molar refractivity (Wildman–Crippen MR) is 83.4 cm³/mol. The summed E-state index contributed by atoms with van der Waals surface area (Å²) in [7, 11) is 1.69. The van der Waals surface area contributed by atoms with Gasteiger partial charge in [-0.1, -0.05) is 24.3 Å². The molecule has 0 aliphatic heterocycles. The molecule has 0 amide bonds. The molecule has 19 heavy (non-hydrogen) atoms. The lowest BCUT2D eigenvalue weighted by molar-refractivity contribution is 0.414. The quantitative estimate of drug-likeness (QED) is 0.802. The Kier molecular flexibility index (Phi) is 5.16. The monoisotopic (exact) mass is 273 g/mol. The molecule has 1 N–H and O–H groups in total. The standard InChI is InChI=1S/C16H19NOS/c1-18-14-9-7-13(8-10-14)11-12-17-15-5-3-4-6-16(15)19-2/h3-10,17H,11-12H2,1-2H3. The van der Waals surface area contributed by atoms with Crippen molar-refractivity contribution in [2.45, 2.75) is 11.3 Å². The highest BCUT2D eigenvalue weighted by atomic mass is 32.2. The average molecular weight is 273 g/mol. The first-order chi connectivity index (χ1) is 9.33. The molecule has 100 valence electrons. The molecule has 0 unspecified atom stereocenters. The molecule has 2 aromatic rings. The molecule has 3 heteroatoms. The van der Waals surface area contributed by atoms with Crippen molar-refractivity contribution in [2.75, 3.05) is 25.2 Å². The number of methoxy groups -OCH3 is 1. The molecule has 0 aromatic heterocycles. The molecule has 0 fully saturated rings. The highest BCUT2D eigenvalue weighted by Crippen LogP contribution is 2.24. The van der Waals surface area contributed by atoms with Crippen molar-refractivity contribution in [1.82, 2.24) is 0 Å². The van der Waals surface area contributed by atoms with Gasteiger partial charge in [-0.25, -0.2) is 0 Å². The highest BCUT2D eigenvalue weighted by Gasteiger charge is 1.99. The zero-order valence-electron chi connectivity index (χ0n) is 11.3. The Bertz CT molecular complexity index is 510. The van der Waals surface area contributed by atoms with E-state index >= 15 is 0 Å². The van der Waals surface area contributed by atoms with Gasteiger partial charge in [0.05, 0.1) is 7.11 Å². The van der Waals surface area contributed by atoms with Gasteiger partial charge in [0, 0.05) is 17.1 Å². The van der Waals surface area contributed by atoms with E-state index in [1.54, 1.807) is 18.9 Å². The lowest BCUT2D eigenvalue weighted by Crippen LogP contribution is -2.05. The predicted octanol–water partition coefficient (Wildman–Crippen LogP) is 4.07. The van der Waals surface area contributed by atoms with Crippen LogP contribution in [0.25, 0.3) is 0 Å². The third-order valence-corrected chi connectivity index (χ3v) is 3.79. The van der Waals surface area contributed by atoms with Crippen LogP contribution in [0.15, 0.2) is 53.4 Å². The van der Waals surface area contributed by atoms with Gasteiger partial charge >= 0.3 is 0 Å². The third-order valence-electron chi connectivity index (χ3n) is 3.00. The van der Waals surface area contributed by atoms with Crippen molar-refractivity contribution in [1.29, 1.82) is 0 Å². The zero-order valence-corrected chi connectivity index (χ0v) is 12.2. The Labute approximate surface area is 119 Å². The van der Waals surface area contributed by atoms with E-state index in [1.807, 2.05) is 12.1 Å². The fraction of sp³-hybridized carbons (Fsp3) is 0.250. The average Bonchev–Trinajstić information content (AvgIpc) is 2.48. The van der Waals surface area contributed by atoms with Crippen LogP contribution < -0.4 is 10.1 Å². The van der Waals surface area contributed by atoms with Crippen LogP contribution in [0.4, 0.5) is 5.69 Å². The number of para-hydroxylation sites is 1. The summed E-state index contributed by atoms with van der Waals surface area (Å²) in [6, 6.07) is 16.6. The molecule has 0 saturated heterocycles. The Balaban J connectivity index is 1.88. The molecule has 0 heterocycles. The summed E-state index contributed by atoms with van der Waals surface area (Å²) in [5, 5.41) is 3.49. The number of anilines is 1. The number of hydrogen-bond donors (Lipinski definition) is 1. The van der Waals surface area contributed by atoms with Gasteiger partial charge in [0.15, 0.2) is 0 Å². The van der Waals surface area contributed by atoms with Crippen molar-refractivity contribution >= 4 is 17.4 Å². The van der Waals surface area contributed by atoms with E-state index in [0.717, 1.165) is 18.7 Å². The molecule has 2 rings (SSSR count). The molecular formula is C16H19NOS. The van der Waals surface area contributed by atoms with Gasteiger partial charge in [0.25, 0.3) is 0 Å². The third kappa shape index (κ3) is 3.93. The van der Waals surface area contributed by atoms with Gasteiger partial charge in [-0.05, 0) is 42.5 Å². The molecule has 0 atom stereocenters. The number of nitrogens with one attached hydrogen (secondary N) is 1. The van der Waals surface area contributed by atoms with Crippen molar-refractivity contribution in [3.63, 3.8) is 0 Å². The second-order valence-electron chi connectivity index (χ2n) is 4.23. The van der Waals surface area contributed by atoms with E-state index in [-0.39, 0.29) is 0 Å². The Morgan fingerprint density at radius 2 is 1.79 bits per heavy atom. The summed E-state index contributed by atoms with van der Waals surface area (Å²) in [5.41, 5.74) is 2.53. The van der Waals surface area contributed by atoms with E-state index in [9.17, 15) is 0 Å². The smallest absolute Gasteiger partial charge is 0.118 e. The molecule has 0 aliphatic carbocycles. The number of ether oxygens (including phenoxy) is 1. The number of hydrogen-bond acceptors (Lipinski definition) is 3. The largest absolute Gasteiger partial charge is 0.497 e. The Morgan fingerprint density at radius 1 is 1.05 bits per heavy atom. The lowest BCUT2D eigenvalue weighted by Gasteiger charge is -2.10. The summed E-state index contributed by atoms with van der Waals surface area (Å²) in [4.78, 5) is 1.29. The summed E-state index contributed by atoms with van der Waals surface area (Å²) in [5.74, 6) is 0.907. The van der Waals surface area contributed by atoms with Crippen molar-refractivity contribution < 1.29 is 4.74 Å². The van der Waals surface area contributed by atoms with Crippen molar-refractivity contribution in [3.8, 4) is 5.75 Å². The van der Waals surface area contributed by atoms with Crippen LogP contribution in [0.5, 0.6) is 5.75 Å². The molecule has 2 aromatic carbocycles. The van der Waals surface area contributed by atoms with Gasteiger partial charge in [-0.2, -0.15) is 0 Å². The number of benzene rings is 2. The van der Waals surface area contributed by atoms with Crippen molar-refractivity contribution in [2.24, 2.45) is 0 Å². The van der Waals surface area contributed by atoms with Gasteiger partial charge in [0.1, 0.15) is 5.75 Å². The minimum atomic E-state index is 0.907. The van der Waals surface area contributed by atoms with Gasteiger partial charge < -0.3 is 10.1 Å². The van der Waals surface area contributed by atoms with Gasteiger partial charge in [-0.15, -0.1) is 11.8 Å². The zero-order chi connectivity index (χ0) is 13.5. The van der Waals surface area contributed by atoms with E-state index in [4.69, 9.17) is 4.74 Å². The summed E-state index contributed by atoms with van der Waals surface area (Å²) in [6.45, 7) is 0.934. The summed E-state index contributed by atoms with van der Waals surface area (Å²) in [6.07, 6.45) is 3.11. The first-order valence-corrected chi connectivity index (χ1v) is 7.56. The maximum Gasteiger partial charge on any atom is 0.118 e. The topological polar surface area (TPSA) is 21.3 Å². The van der Waals surface area contributed by atoms with Crippen LogP contribution in [-0.2, 0) is 6.42 Å². The second-order valence-corrected chi connectivity index (χ2v) is 5.07. The fourth-order valence-corrected chi connectivity index (χ4v) is 2.50. The minimum Gasteiger partial charge on any atom is -0.497 e. The van der Waals surface area contributed by atoms with Crippen LogP contribution in [0, 0.1) is 0 Å². The van der Waals surface area contributed by atoms with E-state index < -0.39 is 0 Å². The van der Waals surface area contributed by atoms with E-state index in [1.165, 1.54) is 16.1 Å².